The predicted octanol–water partition coefficient (Wildman–Crippen LogP) is 3.76. The third kappa shape index (κ3) is 5.30. The third-order valence-corrected chi connectivity index (χ3v) is 5.62. The second-order valence-electron chi connectivity index (χ2n) is 6.87. The molecule has 2 N–H and O–H groups in total. The van der Waals surface area contributed by atoms with Gasteiger partial charge in [0.2, 0.25) is 10.0 Å². The quantitative estimate of drug-likeness (QED) is 0.754. The van der Waals surface area contributed by atoms with Gasteiger partial charge in [0, 0.05) is 17.3 Å². The Morgan fingerprint density at radius 3 is 2.15 bits per heavy atom. The number of benzene rings is 2. The first-order valence-electron chi connectivity index (χ1n) is 8.75. The number of rotatable bonds is 7. The fourth-order valence-corrected chi connectivity index (χ4v) is 4.00. The van der Waals surface area contributed by atoms with E-state index in [9.17, 15) is 13.2 Å². The smallest absolute Gasteiger partial charge is 0.255 e. The zero-order chi connectivity index (χ0) is 20.2. The van der Waals surface area contributed by atoms with Crippen LogP contribution in [0.25, 0.3) is 0 Å². The van der Waals surface area contributed by atoms with Crippen LogP contribution in [0.15, 0.2) is 47.4 Å². The number of hydrogen-bond donors (Lipinski definition) is 2. The first kappa shape index (κ1) is 20.9. The van der Waals surface area contributed by atoms with Crippen LogP contribution in [0.2, 0.25) is 0 Å². The number of hydrogen-bond acceptors (Lipinski definition) is 4. The van der Waals surface area contributed by atoms with Crippen LogP contribution in [0.3, 0.4) is 0 Å². The highest BCUT2D eigenvalue weighted by Gasteiger charge is 2.22. The molecule has 1 amide bonds. The van der Waals surface area contributed by atoms with Crippen LogP contribution in [0.5, 0.6) is 5.75 Å². The third-order valence-electron chi connectivity index (χ3n) is 3.94. The average molecular weight is 391 g/mol. The Balaban J connectivity index is 2.30. The summed E-state index contributed by atoms with van der Waals surface area (Å²) in [5.74, 6) is 0.189. The maximum Gasteiger partial charge on any atom is 0.255 e. The van der Waals surface area contributed by atoms with E-state index in [-0.39, 0.29) is 22.3 Å². The Labute approximate surface area is 161 Å². The Morgan fingerprint density at radius 1 is 1.00 bits per heavy atom. The molecule has 0 atom stereocenters. The van der Waals surface area contributed by atoms with Gasteiger partial charge in [0.1, 0.15) is 10.6 Å². The number of sulfonamides is 1. The maximum absolute atomic E-state index is 12.6. The molecule has 0 bridgehead atoms. The van der Waals surface area contributed by atoms with Gasteiger partial charge in [-0.05, 0) is 55.7 Å². The lowest BCUT2D eigenvalue weighted by atomic mass is 10.0. The van der Waals surface area contributed by atoms with Gasteiger partial charge in [0.25, 0.3) is 5.91 Å². The zero-order valence-corrected chi connectivity index (χ0v) is 17.1. The molecule has 27 heavy (non-hydrogen) atoms. The summed E-state index contributed by atoms with van der Waals surface area (Å²) < 4.78 is 32.7. The van der Waals surface area contributed by atoms with E-state index in [1.165, 1.54) is 30.9 Å². The minimum Gasteiger partial charge on any atom is -0.495 e. The average Bonchev–Trinajstić information content (AvgIpc) is 2.60. The minimum absolute atomic E-state index is 0.0681. The van der Waals surface area contributed by atoms with Gasteiger partial charge < -0.3 is 10.1 Å². The molecule has 0 spiro atoms. The highest BCUT2D eigenvalue weighted by atomic mass is 32.2. The Kier molecular flexibility index (Phi) is 6.62. The van der Waals surface area contributed by atoms with Crippen LogP contribution in [0.1, 0.15) is 49.5 Å². The van der Waals surface area contributed by atoms with E-state index in [1.807, 2.05) is 24.3 Å². The first-order valence-corrected chi connectivity index (χ1v) is 10.2. The van der Waals surface area contributed by atoms with Crippen LogP contribution in [-0.4, -0.2) is 27.5 Å². The number of amides is 1. The van der Waals surface area contributed by atoms with Crippen molar-refractivity contribution in [1.29, 1.82) is 0 Å². The monoisotopic (exact) mass is 390 g/mol. The molecule has 0 aliphatic carbocycles. The van der Waals surface area contributed by atoms with Crippen LogP contribution in [0, 0.1) is 0 Å². The van der Waals surface area contributed by atoms with Crippen molar-refractivity contribution in [3.63, 3.8) is 0 Å². The van der Waals surface area contributed by atoms with Crippen molar-refractivity contribution < 1.29 is 17.9 Å². The van der Waals surface area contributed by atoms with Gasteiger partial charge >= 0.3 is 0 Å². The van der Waals surface area contributed by atoms with E-state index >= 15 is 0 Å². The molecule has 0 aromatic heterocycles. The summed E-state index contributed by atoms with van der Waals surface area (Å²) in [5.41, 5.74) is 2.04. The molecule has 6 nitrogen and oxygen atoms in total. The van der Waals surface area contributed by atoms with Crippen molar-refractivity contribution in [1.82, 2.24) is 4.72 Å². The molecular weight excluding hydrogens is 364 g/mol. The number of anilines is 1. The molecule has 146 valence electrons. The molecule has 0 radical (unpaired) electrons. The maximum atomic E-state index is 12.6. The van der Waals surface area contributed by atoms with Gasteiger partial charge in [-0.2, -0.15) is 0 Å². The number of carbonyl (C=O) groups excluding carboxylic acids is 1. The van der Waals surface area contributed by atoms with Crippen LogP contribution < -0.4 is 14.8 Å². The molecule has 0 saturated carbocycles. The number of methoxy groups -OCH3 is 1. The van der Waals surface area contributed by atoms with Crippen LogP contribution in [0.4, 0.5) is 5.69 Å². The molecule has 0 saturated heterocycles. The second kappa shape index (κ2) is 8.54. The molecule has 2 aromatic carbocycles. The molecular formula is C20H26N2O4S. The van der Waals surface area contributed by atoms with E-state index < -0.39 is 15.9 Å². The fourth-order valence-electron chi connectivity index (χ4n) is 2.56. The lowest BCUT2D eigenvalue weighted by Gasteiger charge is -2.14. The van der Waals surface area contributed by atoms with Crippen molar-refractivity contribution in [3.05, 3.63) is 53.6 Å². The van der Waals surface area contributed by atoms with Crippen molar-refractivity contribution in [3.8, 4) is 5.75 Å². The number of ether oxygens (including phenoxy) is 1. The number of nitrogens with one attached hydrogen (secondary N) is 2. The summed E-state index contributed by atoms with van der Waals surface area (Å²) in [4.78, 5) is 12.5. The van der Waals surface area contributed by atoms with Gasteiger partial charge in [0.05, 0.1) is 7.11 Å². The number of carbonyl (C=O) groups is 1. The SMILES string of the molecule is COc1ccc(C(=O)Nc2ccc(C(C)C)cc2)cc1S(=O)(=O)NC(C)C. The van der Waals surface area contributed by atoms with Crippen molar-refractivity contribution in [2.24, 2.45) is 0 Å². The van der Waals surface area contributed by atoms with E-state index in [0.717, 1.165) is 0 Å². The molecule has 2 rings (SSSR count). The standard InChI is InChI=1S/C20H26N2O4S/c1-13(2)15-6-9-17(10-7-15)21-20(23)16-8-11-18(26-5)19(12-16)27(24,25)22-14(3)4/h6-14,22H,1-5H3,(H,21,23). The van der Waals surface area contributed by atoms with E-state index in [2.05, 4.69) is 23.9 Å². The second-order valence-corrected chi connectivity index (χ2v) is 8.55. The molecule has 0 aliphatic rings. The van der Waals surface area contributed by atoms with Crippen molar-refractivity contribution in [2.75, 3.05) is 12.4 Å². The summed E-state index contributed by atoms with van der Waals surface area (Å²) >= 11 is 0. The van der Waals surface area contributed by atoms with Crippen molar-refractivity contribution in [2.45, 2.75) is 44.6 Å². The lowest BCUT2D eigenvalue weighted by molar-refractivity contribution is 0.102. The highest BCUT2D eigenvalue weighted by Crippen LogP contribution is 2.26. The molecule has 2 aromatic rings. The van der Waals surface area contributed by atoms with Crippen LogP contribution in [-0.2, 0) is 10.0 Å². The van der Waals surface area contributed by atoms with E-state index in [1.54, 1.807) is 13.8 Å². The minimum atomic E-state index is -3.80. The molecule has 0 unspecified atom stereocenters. The Morgan fingerprint density at radius 2 is 1.63 bits per heavy atom. The summed E-state index contributed by atoms with van der Waals surface area (Å²) in [5, 5.41) is 2.79. The van der Waals surface area contributed by atoms with Gasteiger partial charge in [0.15, 0.2) is 0 Å². The summed E-state index contributed by atoms with van der Waals surface area (Å²) in [6, 6.07) is 11.6. The van der Waals surface area contributed by atoms with E-state index in [0.29, 0.717) is 11.6 Å². The Bertz CT molecular complexity index is 904. The summed E-state index contributed by atoms with van der Waals surface area (Å²) in [6.45, 7) is 7.64. The highest BCUT2D eigenvalue weighted by molar-refractivity contribution is 7.89. The van der Waals surface area contributed by atoms with Gasteiger partial charge in [-0.15, -0.1) is 0 Å². The topological polar surface area (TPSA) is 84.5 Å². The molecule has 0 heterocycles. The predicted molar refractivity (Wildman–Crippen MR) is 107 cm³/mol. The van der Waals surface area contributed by atoms with Gasteiger partial charge in [-0.3, -0.25) is 4.79 Å². The Hall–Kier alpha value is -2.38. The molecule has 0 fully saturated rings. The lowest BCUT2D eigenvalue weighted by Crippen LogP contribution is -2.30. The largest absolute Gasteiger partial charge is 0.495 e. The molecule has 7 heteroatoms. The summed E-state index contributed by atoms with van der Waals surface area (Å²) in [7, 11) is -2.41. The fraction of sp³-hybridized carbons (Fsp3) is 0.350. The van der Waals surface area contributed by atoms with Gasteiger partial charge in [-0.25, -0.2) is 13.1 Å². The van der Waals surface area contributed by atoms with Gasteiger partial charge in [-0.1, -0.05) is 26.0 Å². The van der Waals surface area contributed by atoms with Crippen LogP contribution >= 0.6 is 0 Å². The summed E-state index contributed by atoms with van der Waals surface area (Å²) in [6.07, 6.45) is 0. The van der Waals surface area contributed by atoms with E-state index in [4.69, 9.17) is 4.74 Å². The first-order chi connectivity index (χ1) is 12.6. The van der Waals surface area contributed by atoms with Crippen molar-refractivity contribution >= 4 is 21.6 Å². The zero-order valence-electron chi connectivity index (χ0n) is 16.2. The molecule has 0 aliphatic heterocycles. The normalized spacial score (nSPS) is 11.7.